The molecule has 1 aliphatic rings. The van der Waals surface area contributed by atoms with E-state index in [1.165, 1.54) is 0 Å². The number of hydrogen-bond donors (Lipinski definition) is 1. The van der Waals surface area contributed by atoms with Gasteiger partial charge in [-0.25, -0.2) is 4.39 Å². The molecule has 0 aromatic heterocycles. The molecule has 1 N–H and O–H groups in total. The second kappa shape index (κ2) is 3.00. The molecule has 0 bridgehead atoms. The van der Waals surface area contributed by atoms with Gasteiger partial charge in [-0.15, -0.1) is 12.4 Å². The van der Waals surface area contributed by atoms with Crippen molar-refractivity contribution in [2.75, 3.05) is 13.1 Å². The summed E-state index contributed by atoms with van der Waals surface area (Å²) >= 11 is 0. The number of halogens is 2. The van der Waals surface area contributed by atoms with Crippen molar-refractivity contribution in [1.82, 2.24) is 5.32 Å². The van der Waals surface area contributed by atoms with Crippen LogP contribution in [0.3, 0.4) is 0 Å². The minimum absolute atomic E-state index is 0. The lowest BCUT2D eigenvalue weighted by atomic mass is 9.96. The van der Waals surface area contributed by atoms with Crippen LogP contribution in [0.15, 0.2) is 0 Å². The van der Waals surface area contributed by atoms with Crippen LogP contribution in [0.2, 0.25) is 0 Å². The Bertz CT molecular complexity index is 127. The first kappa shape index (κ1) is 8.67. The van der Waals surface area contributed by atoms with E-state index >= 15 is 0 Å². The molecule has 1 aliphatic heterocycles. The molecule has 0 aromatic rings. The van der Waals surface area contributed by atoms with Crippen LogP contribution in [-0.4, -0.2) is 18.8 Å². The van der Waals surface area contributed by atoms with Crippen molar-refractivity contribution in [3.8, 4) is 6.07 Å². The van der Waals surface area contributed by atoms with Crippen LogP contribution < -0.4 is 5.32 Å². The molecular formula is C5H8ClFN2. The quantitative estimate of drug-likeness (QED) is 0.595. The summed E-state index contributed by atoms with van der Waals surface area (Å²) in [5.41, 5.74) is -1.20. The third-order valence-corrected chi connectivity index (χ3v) is 1.28. The van der Waals surface area contributed by atoms with Crippen molar-refractivity contribution in [2.24, 2.45) is 0 Å². The Labute approximate surface area is 59.5 Å². The van der Waals surface area contributed by atoms with Gasteiger partial charge in [0.25, 0.3) is 0 Å². The van der Waals surface area contributed by atoms with Gasteiger partial charge < -0.3 is 5.32 Å². The normalized spacial score (nSPS) is 20.9. The lowest BCUT2D eigenvalue weighted by Gasteiger charge is -2.32. The maximum Gasteiger partial charge on any atom is 0.148 e. The zero-order chi connectivity index (χ0) is 6.04. The zero-order valence-corrected chi connectivity index (χ0v) is 5.67. The number of nitriles is 1. The van der Waals surface area contributed by atoms with Crippen LogP contribution >= 0.6 is 12.4 Å². The molecule has 0 radical (unpaired) electrons. The Balaban J connectivity index is 0.000000640. The highest BCUT2D eigenvalue weighted by Crippen LogP contribution is 2.19. The molecule has 0 unspecified atom stereocenters. The molecule has 1 saturated heterocycles. The van der Waals surface area contributed by atoms with Gasteiger partial charge in [-0.05, 0) is 0 Å². The average Bonchev–Trinajstić information content (AvgIpc) is 1.64. The van der Waals surface area contributed by atoms with E-state index in [4.69, 9.17) is 5.26 Å². The van der Waals surface area contributed by atoms with Gasteiger partial charge in [0.1, 0.15) is 5.67 Å². The lowest BCUT2D eigenvalue weighted by Crippen LogP contribution is -2.55. The predicted octanol–water partition coefficient (Wildman–Crippen LogP) is 0.633. The molecular weight excluding hydrogens is 143 g/mol. The smallest absolute Gasteiger partial charge is 0.148 e. The molecule has 1 rings (SSSR count). The Morgan fingerprint density at radius 1 is 1.67 bits per heavy atom. The fraction of sp³-hybridized carbons (Fsp3) is 0.800. The lowest BCUT2D eigenvalue weighted by molar-refractivity contribution is 0.0963. The molecule has 2 nitrogen and oxygen atoms in total. The van der Waals surface area contributed by atoms with E-state index < -0.39 is 5.67 Å². The van der Waals surface area contributed by atoms with Gasteiger partial charge >= 0.3 is 0 Å². The van der Waals surface area contributed by atoms with Crippen molar-refractivity contribution in [3.05, 3.63) is 0 Å². The van der Waals surface area contributed by atoms with Gasteiger partial charge in [-0.2, -0.15) is 5.26 Å². The molecule has 0 aromatic carbocycles. The molecule has 4 heteroatoms. The monoisotopic (exact) mass is 150 g/mol. The van der Waals surface area contributed by atoms with E-state index in [1.54, 1.807) is 6.07 Å². The third kappa shape index (κ3) is 1.81. The van der Waals surface area contributed by atoms with E-state index in [0.29, 0.717) is 13.1 Å². The van der Waals surface area contributed by atoms with Crippen LogP contribution in [0.1, 0.15) is 6.42 Å². The molecule has 1 heterocycles. The maximum atomic E-state index is 12.6. The minimum Gasteiger partial charge on any atom is -0.310 e. The second-order valence-electron chi connectivity index (χ2n) is 2.09. The molecule has 0 atom stereocenters. The molecule has 0 saturated carbocycles. The first-order valence-electron chi connectivity index (χ1n) is 2.53. The van der Waals surface area contributed by atoms with Gasteiger partial charge in [0.05, 0.1) is 12.5 Å². The summed E-state index contributed by atoms with van der Waals surface area (Å²) in [7, 11) is 0. The summed E-state index contributed by atoms with van der Waals surface area (Å²) in [5.74, 6) is 0. The third-order valence-electron chi connectivity index (χ3n) is 1.28. The summed E-state index contributed by atoms with van der Waals surface area (Å²) in [5, 5.41) is 10.8. The van der Waals surface area contributed by atoms with Crippen molar-refractivity contribution < 1.29 is 4.39 Å². The van der Waals surface area contributed by atoms with E-state index in [-0.39, 0.29) is 18.8 Å². The number of nitrogens with zero attached hydrogens (tertiary/aromatic N) is 1. The number of rotatable bonds is 1. The topological polar surface area (TPSA) is 35.8 Å². The fourth-order valence-corrected chi connectivity index (χ4v) is 0.663. The molecule has 52 valence electrons. The van der Waals surface area contributed by atoms with Crippen molar-refractivity contribution >= 4 is 12.4 Å². The van der Waals surface area contributed by atoms with Crippen LogP contribution in [0, 0.1) is 11.3 Å². The van der Waals surface area contributed by atoms with Crippen molar-refractivity contribution in [3.63, 3.8) is 0 Å². The van der Waals surface area contributed by atoms with Gasteiger partial charge in [-0.1, -0.05) is 0 Å². The fourth-order valence-electron chi connectivity index (χ4n) is 0.663. The van der Waals surface area contributed by atoms with Crippen LogP contribution in [-0.2, 0) is 0 Å². The zero-order valence-electron chi connectivity index (χ0n) is 4.85. The van der Waals surface area contributed by atoms with E-state index in [0.717, 1.165) is 0 Å². The highest BCUT2D eigenvalue weighted by molar-refractivity contribution is 5.85. The van der Waals surface area contributed by atoms with E-state index in [9.17, 15) is 4.39 Å². The highest BCUT2D eigenvalue weighted by Gasteiger charge is 2.36. The molecule has 0 aliphatic carbocycles. The number of alkyl halides is 1. The standard InChI is InChI=1S/C5H7FN2.ClH/c6-5(1-2-7)3-8-4-5;/h8H,1,3-4H2;1H. The number of nitrogens with one attached hydrogen (secondary N) is 1. The van der Waals surface area contributed by atoms with Gasteiger partial charge in [-0.3, -0.25) is 0 Å². The average molecular weight is 151 g/mol. The molecule has 1 fully saturated rings. The molecule has 0 amide bonds. The Morgan fingerprint density at radius 3 is 2.33 bits per heavy atom. The summed E-state index contributed by atoms with van der Waals surface area (Å²) in [4.78, 5) is 0. The van der Waals surface area contributed by atoms with Crippen molar-refractivity contribution in [1.29, 1.82) is 5.26 Å². The summed E-state index contributed by atoms with van der Waals surface area (Å²) < 4.78 is 12.6. The van der Waals surface area contributed by atoms with Crippen molar-refractivity contribution in [2.45, 2.75) is 12.1 Å². The summed E-state index contributed by atoms with van der Waals surface area (Å²) in [6, 6.07) is 1.80. The Morgan fingerprint density at radius 2 is 2.22 bits per heavy atom. The maximum absolute atomic E-state index is 12.6. The predicted molar refractivity (Wildman–Crippen MR) is 34.2 cm³/mol. The summed E-state index contributed by atoms with van der Waals surface area (Å²) in [6.45, 7) is 0.696. The SMILES string of the molecule is Cl.N#CCC1(F)CNC1. The van der Waals surface area contributed by atoms with Gasteiger partial charge in [0, 0.05) is 13.1 Å². The Hall–Kier alpha value is -0.330. The van der Waals surface area contributed by atoms with Gasteiger partial charge in [0.2, 0.25) is 0 Å². The van der Waals surface area contributed by atoms with Crippen LogP contribution in [0.25, 0.3) is 0 Å². The molecule has 0 spiro atoms. The molecule has 9 heavy (non-hydrogen) atoms. The van der Waals surface area contributed by atoms with E-state index in [2.05, 4.69) is 5.32 Å². The second-order valence-corrected chi connectivity index (χ2v) is 2.09. The number of hydrogen-bond acceptors (Lipinski definition) is 2. The van der Waals surface area contributed by atoms with Crippen LogP contribution in [0.4, 0.5) is 4.39 Å². The van der Waals surface area contributed by atoms with E-state index in [1.807, 2.05) is 0 Å². The Kier molecular flexibility index (Phi) is 2.89. The van der Waals surface area contributed by atoms with Gasteiger partial charge in [0.15, 0.2) is 0 Å². The first-order chi connectivity index (χ1) is 3.77. The van der Waals surface area contributed by atoms with Crippen LogP contribution in [0.5, 0.6) is 0 Å². The minimum atomic E-state index is -1.20. The largest absolute Gasteiger partial charge is 0.310 e. The first-order valence-corrected chi connectivity index (χ1v) is 2.53. The highest BCUT2D eigenvalue weighted by atomic mass is 35.5. The summed E-state index contributed by atoms with van der Waals surface area (Å²) in [6.07, 6.45) is 0.0278.